The van der Waals surface area contributed by atoms with E-state index in [1.165, 1.54) is 21.3 Å². The van der Waals surface area contributed by atoms with E-state index in [1.54, 1.807) is 30.3 Å². The van der Waals surface area contributed by atoms with Crippen molar-refractivity contribution in [3.05, 3.63) is 131 Å². The van der Waals surface area contributed by atoms with E-state index in [1.807, 2.05) is 94.4 Å². The van der Waals surface area contributed by atoms with Crippen molar-refractivity contribution in [1.29, 1.82) is 0 Å². The van der Waals surface area contributed by atoms with Crippen LogP contribution in [0, 0.1) is 6.92 Å². The van der Waals surface area contributed by atoms with Gasteiger partial charge in [-0.05, 0) is 62.1 Å². The molecule has 0 saturated heterocycles. The predicted molar refractivity (Wildman–Crippen MR) is 176 cm³/mol. The summed E-state index contributed by atoms with van der Waals surface area (Å²) in [7, 11) is -4.13. The van der Waals surface area contributed by atoms with Crippen molar-refractivity contribution in [3.8, 4) is 0 Å². The molecule has 0 spiro atoms. The van der Waals surface area contributed by atoms with Crippen molar-refractivity contribution in [2.75, 3.05) is 10.8 Å². The van der Waals surface area contributed by atoms with Crippen molar-refractivity contribution >= 4 is 27.5 Å². The van der Waals surface area contributed by atoms with E-state index < -0.39 is 28.5 Å². The molecule has 0 aliphatic carbocycles. The maximum absolute atomic E-state index is 14.6. The Morgan fingerprint density at radius 1 is 0.795 bits per heavy atom. The third-order valence-electron chi connectivity index (χ3n) is 7.39. The van der Waals surface area contributed by atoms with Crippen LogP contribution in [0.3, 0.4) is 0 Å². The summed E-state index contributed by atoms with van der Waals surface area (Å²) in [5.41, 5.74) is 3.99. The van der Waals surface area contributed by atoms with Crippen molar-refractivity contribution in [1.82, 2.24) is 10.2 Å². The first-order valence-electron chi connectivity index (χ1n) is 14.9. The number of sulfonamides is 1. The van der Waals surface area contributed by atoms with Gasteiger partial charge >= 0.3 is 0 Å². The molecule has 0 aromatic heterocycles. The molecule has 0 aliphatic rings. The second-order valence-electron chi connectivity index (χ2n) is 11.2. The fourth-order valence-corrected chi connectivity index (χ4v) is 6.70. The molecule has 0 fully saturated rings. The Kier molecular flexibility index (Phi) is 11.0. The molecule has 0 aliphatic heterocycles. The fourth-order valence-electron chi connectivity index (χ4n) is 5.23. The minimum absolute atomic E-state index is 0.0855. The highest BCUT2D eigenvalue weighted by molar-refractivity contribution is 7.92. The zero-order valence-electron chi connectivity index (χ0n) is 25.8. The number of anilines is 1. The van der Waals surface area contributed by atoms with Crippen LogP contribution in [0.4, 0.5) is 5.69 Å². The topological polar surface area (TPSA) is 86.8 Å². The van der Waals surface area contributed by atoms with Crippen LogP contribution < -0.4 is 9.62 Å². The van der Waals surface area contributed by atoms with Crippen LogP contribution in [0.1, 0.15) is 43.0 Å². The molecule has 1 N–H and O–H groups in total. The summed E-state index contributed by atoms with van der Waals surface area (Å²) in [5, 5.41) is 2.99. The Balaban J connectivity index is 1.83. The molecule has 0 saturated carbocycles. The fraction of sp³-hybridized carbons (Fsp3) is 0.278. The first-order valence-corrected chi connectivity index (χ1v) is 16.4. The average molecular weight is 612 g/mol. The van der Waals surface area contributed by atoms with Gasteiger partial charge in [0, 0.05) is 19.0 Å². The molecule has 7 nitrogen and oxygen atoms in total. The predicted octanol–water partition coefficient (Wildman–Crippen LogP) is 5.92. The highest BCUT2D eigenvalue weighted by Gasteiger charge is 2.35. The number of aryl methyl sites for hydroxylation is 2. The number of nitrogens with one attached hydrogen (secondary N) is 1. The quantitative estimate of drug-likeness (QED) is 0.204. The number of hydrogen-bond donors (Lipinski definition) is 1. The molecule has 0 unspecified atom stereocenters. The highest BCUT2D eigenvalue weighted by atomic mass is 32.2. The Morgan fingerprint density at radius 3 is 2.05 bits per heavy atom. The lowest BCUT2D eigenvalue weighted by Crippen LogP contribution is -2.54. The third-order valence-corrected chi connectivity index (χ3v) is 9.16. The second-order valence-corrected chi connectivity index (χ2v) is 13.0. The molecule has 230 valence electrons. The third kappa shape index (κ3) is 8.14. The summed E-state index contributed by atoms with van der Waals surface area (Å²) in [6.45, 7) is 7.33. The standard InChI is InChI=1S/C36H41N3O4S/c1-5-31-19-12-13-22-33(31)39(44(42,43)32-20-10-7-11-21-32)26-35(40)38(25-30-18-14-15-28(4)23-30)34(36(41)37-27(2)3)24-29-16-8-6-9-17-29/h6-23,27,34H,5,24-26H2,1-4H3,(H,37,41)/t34-/m1/s1. The molecule has 8 heteroatoms. The van der Waals surface area contributed by atoms with E-state index in [0.717, 1.165) is 22.3 Å². The van der Waals surface area contributed by atoms with Crippen LogP contribution in [0.2, 0.25) is 0 Å². The van der Waals surface area contributed by atoms with E-state index in [-0.39, 0.29) is 29.8 Å². The molecule has 4 aromatic rings. The van der Waals surface area contributed by atoms with Gasteiger partial charge in [-0.25, -0.2) is 8.42 Å². The lowest BCUT2D eigenvalue weighted by atomic mass is 10.0. The van der Waals surface area contributed by atoms with Gasteiger partial charge in [-0.3, -0.25) is 13.9 Å². The number of nitrogens with zero attached hydrogens (tertiary/aromatic N) is 2. The summed E-state index contributed by atoms with van der Waals surface area (Å²) in [5.74, 6) is -0.770. The Labute approximate surface area is 261 Å². The number of amides is 2. The highest BCUT2D eigenvalue weighted by Crippen LogP contribution is 2.28. The van der Waals surface area contributed by atoms with Gasteiger partial charge in [0.05, 0.1) is 10.6 Å². The first-order chi connectivity index (χ1) is 21.1. The molecule has 44 heavy (non-hydrogen) atoms. The molecule has 2 amide bonds. The van der Waals surface area contributed by atoms with E-state index in [0.29, 0.717) is 12.1 Å². The Hall–Kier alpha value is -4.43. The van der Waals surface area contributed by atoms with Crippen molar-refractivity contribution < 1.29 is 18.0 Å². The van der Waals surface area contributed by atoms with Gasteiger partial charge in [0.15, 0.2) is 0 Å². The number of para-hydroxylation sites is 1. The van der Waals surface area contributed by atoms with Crippen LogP contribution in [0.25, 0.3) is 0 Å². The smallest absolute Gasteiger partial charge is 0.264 e. The molecular weight excluding hydrogens is 570 g/mol. The summed E-state index contributed by atoms with van der Waals surface area (Å²) in [6.07, 6.45) is 0.847. The molecule has 1 atom stereocenters. The normalized spacial score (nSPS) is 12.0. The molecule has 4 aromatic carbocycles. The summed E-state index contributed by atoms with van der Waals surface area (Å²) >= 11 is 0. The summed E-state index contributed by atoms with van der Waals surface area (Å²) < 4.78 is 29.5. The lowest BCUT2D eigenvalue weighted by molar-refractivity contribution is -0.140. The number of carbonyl (C=O) groups is 2. The van der Waals surface area contributed by atoms with E-state index >= 15 is 0 Å². The zero-order valence-corrected chi connectivity index (χ0v) is 26.6. The first kappa shape index (κ1) is 32.5. The minimum atomic E-state index is -4.13. The Morgan fingerprint density at radius 2 is 1.41 bits per heavy atom. The van der Waals surface area contributed by atoms with Gasteiger partial charge in [-0.1, -0.05) is 103 Å². The van der Waals surface area contributed by atoms with Gasteiger partial charge in [-0.15, -0.1) is 0 Å². The van der Waals surface area contributed by atoms with Crippen LogP contribution in [0.5, 0.6) is 0 Å². The minimum Gasteiger partial charge on any atom is -0.352 e. The number of rotatable bonds is 13. The van der Waals surface area contributed by atoms with E-state index in [4.69, 9.17) is 0 Å². The monoisotopic (exact) mass is 611 g/mol. The van der Waals surface area contributed by atoms with E-state index in [9.17, 15) is 18.0 Å². The number of benzene rings is 4. The zero-order chi connectivity index (χ0) is 31.7. The average Bonchev–Trinajstić information content (AvgIpc) is 3.02. The molecule has 0 bridgehead atoms. The van der Waals surface area contributed by atoms with Gasteiger partial charge in [-0.2, -0.15) is 0 Å². The maximum atomic E-state index is 14.6. The van der Waals surface area contributed by atoms with Gasteiger partial charge in [0.1, 0.15) is 12.6 Å². The Bertz CT molecular complexity index is 1660. The number of carbonyl (C=O) groups excluding carboxylic acids is 2. The molecule has 0 radical (unpaired) electrons. The number of hydrogen-bond acceptors (Lipinski definition) is 4. The SMILES string of the molecule is CCc1ccccc1N(CC(=O)N(Cc1cccc(C)c1)[C@H](Cc1ccccc1)C(=O)NC(C)C)S(=O)(=O)c1ccccc1. The lowest BCUT2D eigenvalue weighted by Gasteiger charge is -2.34. The summed E-state index contributed by atoms with van der Waals surface area (Å²) in [6, 6.07) is 31.6. The van der Waals surface area contributed by atoms with Crippen molar-refractivity contribution in [2.45, 2.75) is 64.1 Å². The molecular formula is C36H41N3O4S. The van der Waals surface area contributed by atoms with Crippen molar-refractivity contribution in [2.24, 2.45) is 0 Å². The van der Waals surface area contributed by atoms with Crippen LogP contribution in [-0.4, -0.2) is 43.8 Å². The van der Waals surface area contributed by atoms with E-state index in [2.05, 4.69) is 5.32 Å². The van der Waals surface area contributed by atoms with Crippen molar-refractivity contribution in [3.63, 3.8) is 0 Å². The van der Waals surface area contributed by atoms with Gasteiger partial charge in [0.2, 0.25) is 11.8 Å². The van der Waals surface area contributed by atoms with Crippen LogP contribution >= 0.6 is 0 Å². The second kappa shape index (κ2) is 14.8. The van der Waals surface area contributed by atoms with Gasteiger partial charge in [0.25, 0.3) is 10.0 Å². The maximum Gasteiger partial charge on any atom is 0.264 e. The summed E-state index contributed by atoms with van der Waals surface area (Å²) in [4.78, 5) is 30.0. The van der Waals surface area contributed by atoms with Crippen LogP contribution in [0.15, 0.2) is 114 Å². The molecule has 0 heterocycles. The molecule has 4 rings (SSSR count). The largest absolute Gasteiger partial charge is 0.352 e. The van der Waals surface area contributed by atoms with Crippen LogP contribution in [-0.2, 0) is 39.0 Å². The van der Waals surface area contributed by atoms with Gasteiger partial charge < -0.3 is 10.2 Å².